The Morgan fingerprint density at radius 2 is 0.829 bits per heavy atom. The molecule has 0 radical (unpaired) electrons. The number of benzene rings is 4. The van der Waals surface area contributed by atoms with Crippen LogP contribution in [-0.4, -0.2) is 12.4 Å². The molecule has 2 heterocycles. The minimum atomic E-state index is -0.931. The van der Waals surface area contributed by atoms with E-state index in [0.717, 1.165) is 11.4 Å². The molecule has 0 spiro atoms. The zero-order valence-electron chi connectivity index (χ0n) is 19.9. The Labute approximate surface area is 223 Å². The van der Waals surface area contributed by atoms with E-state index in [2.05, 4.69) is 109 Å². The summed E-state index contributed by atoms with van der Waals surface area (Å²) in [4.78, 5) is 9.01. The van der Waals surface area contributed by atoms with Gasteiger partial charge in [0.15, 0.2) is 0 Å². The predicted octanol–water partition coefficient (Wildman–Crippen LogP) is 8.79. The first-order valence-electron chi connectivity index (χ1n) is 11.6. The van der Waals surface area contributed by atoms with E-state index in [4.69, 9.17) is 19.4 Å². The molecule has 4 aromatic rings. The number of hydrogen-bond acceptors (Lipinski definition) is 2. The second kappa shape index (κ2) is 11.4. The number of hydrogen-bond donors (Lipinski definition) is 0. The molecule has 0 N–H and O–H groups in total. The second-order valence-corrected chi connectivity index (χ2v) is 13.4. The van der Waals surface area contributed by atoms with Gasteiger partial charge in [0.2, 0.25) is 0 Å². The first kappa shape index (κ1) is 25.5. The molecular formula is C30H26Cl2N2Zn. The summed E-state index contributed by atoms with van der Waals surface area (Å²) in [5, 5.41) is 0. The van der Waals surface area contributed by atoms with Crippen molar-refractivity contribution < 1.29 is 15.1 Å². The van der Waals surface area contributed by atoms with Crippen molar-refractivity contribution in [1.29, 1.82) is 0 Å². The molecule has 2 aliphatic rings. The van der Waals surface area contributed by atoms with Gasteiger partial charge in [-0.2, -0.15) is 0 Å². The third-order valence-corrected chi connectivity index (χ3v) is 6.60. The van der Waals surface area contributed by atoms with Gasteiger partial charge in [0.05, 0.1) is 22.2 Å². The average Bonchev–Trinajstić information content (AvgIpc) is 3.45. The number of halogens is 2. The van der Waals surface area contributed by atoms with E-state index in [1.165, 1.54) is 22.3 Å². The maximum absolute atomic E-state index is 4.95. The van der Waals surface area contributed by atoms with E-state index in [1.807, 2.05) is 36.7 Å². The molecule has 4 aromatic carbocycles. The molecule has 0 bridgehead atoms. The normalized spacial score (nSPS) is 20.5. The fourth-order valence-corrected chi connectivity index (χ4v) is 4.62. The summed E-state index contributed by atoms with van der Waals surface area (Å²) in [6, 6.07) is 37.7. The predicted molar refractivity (Wildman–Crippen MR) is 147 cm³/mol. The number of aliphatic imine (C=N–C) groups is 2. The molecule has 0 aliphatic carbocycles. The van der Waals surface area contributed by atoms with Crippen LogP contribution >= 0.6 is 19.4 Å². The standard InChI is InChI=1S/2C15H13N.2ClH.Zn/c2*1-15(12-7-3-2-4-8-12)11-16-14-10-6-5-9-13(14)15;;;/h2*2-11H,1H3;2*1H;/q;;;;+2/p-2. The van der Waals surface area contributed by atoms with Crippen LogP contribution < -0.4 is 0 Å². The fraction of sp³-hybridized carbons (Fsp3) is 0.133. The third-order valence-electron chi connectivity index (χ3n) is 6.60. The number of rotatable bonds is 2. The Hall–Kier alpha value is -2.58. The van der Waals surface area contributed by atoms with Crippen molar-refractivity contribution in [1.82, 2.24) is 0 Å². The topological polar surface area (TPSA) is 24.7 Å². The van der Waals surface area contributed by atoms with Crippen LogP contribution in [0.5, 0.6) is 0 Å². The van der Waals surface area contributed by atoms with Gasteiger partial charge in [-0.25, -0.2) is 0 Å². The zero-order chi connectivity index (χ0) is 24.7. The van der Waals surface area contributed by atoms with E-state index in [1.54, 1.807) is 0 Å². The van der Waals surface area contributed by atoms with Gasteiger partial charge in [-0.15, -0.1) is 0 Å². The van der Waals surface area contributed by atoms with E-state index < -0.39 is 15.1 Å². The van der Waals surface area contributed by atoms with Crippen molar-refractivity contribution in [2.24, 2.45) is 9.98 Å². The Morgan fingerprint density at radius 3 is 1.20 bits per heavy atom. The maximum atomic E-state index is 4.95. The number of fused-ring (bicyclic) bond motifs is 2. The van der Waals surface area contributed by atoms with Crippen LogP contribution in [0, 0.1) is 0 Å². The van der Waals surface area contributed by atoms with Gasteiger partial charge in [0.25, 0.3) is 0 Å². The van der Waals surface area contributed by atoms with Crippen LogP contribution in [0.15, 0.2) is 119 Å². The van der Waals surface area contributed by atoms with Crippen LogP contribution in [-0.2, 0) is 26.0 Å². The van der Waals surface area contributed by atoms with E-state index in [0.29, 0.717) is 0 Å². The quantitative estimate of drug-likeness (QED) is 0.223. The first-order valence-corrected chi connectivity index (χ1v) is 19.3. The Kier molecular flexibility index (Phi) is 8.34. The monoisotopic (exact) mass is 548 g/mol. The van der Waals surface area contributed by atoms with Crippen LogP contribution in [0.4, 0.5) is 11.4 Å². The molecule has 35 heavy (non-hydrogen) atoms. The van der Waals surface area contributed by atoms with Gasteiger partial charge < -0.3 is 0 Å². The number of para-hydroxylation sites is 2. The molecule has 2 atom stereocenters. The minimum absolute atomic E-state index is 0.0716. The fourth-order valence-electron chi connectivity index (χ4n) is 4.62. The molecule has 2 aliphatic heterocycles. The molecule has 0 saturated carbocycles. The summed E-state index contributed by atoms with van der Waals surface area (Å²) < 4.78 is 0. The zero-order valence-corrected chi connectivity index (χ0v) is 24.4. The molecule has 0 aromatic heterocycles. The van der Waals surface area contributed by atoms with E-state index >= 15 is 0 Å². The molecule has 2 nitrogen and oxygen atoms in total. The van der Waals surface area contributed by atoms with Crippen molar-refractivity contribution >= 4 is 43.2 Å². The Morgan fingerprint density at radius 1 is 0.514 bits per heavy atom. The molecule has 5 heteroatoms. The van der Waals surface area contributed by atoms with Crippen molar-refractivity contribution in [2.45, 2.75) is 24.7 Å². The molecule has 0 fully saturated rings. The molecule has 6 rings (SSSR count). The molecule has 0 saturated heterocycles. The van der Waals surface area contributed by atoms with Crippen molar-refractivity contribution in [2.75, 3.05) is 0 Å². The van der Waals surface area contributed by atoms with Gasteiger partial charge in [0, 0.05) is 12.4 Å². The van der Waals surface area contributed by atoms with Crippen molar-refractivity contribution in [3.63, 3.8) is 0 Å². The first-order chi connectivity index (χ1) is 17.0. The molecular weight excluding hydrogens is 525 g/mol. The molecule has 0 amide bonds. The average molecular weight is 551 g/mol. The molecule has 2 unspecified atom stereocenters. The van der Waals surface area contributed by atoms with Crippen molar-refractivity contribution in [3.05, 3.63) is 131 Å². The summed E-state index contributed by atoms with van der Waals surface area (Å²) in [7, 11) is 9.90. The van der Waals surface area contributed by atoms with E-state index in [9.17, 15) is 0 Å². The summed E-state index contributed by atoms with van der Waals surface area (Å²) in [6.45, 7) is 4.44. The summed E-state index contributed by atoms with van der Waals surface area (Å²) in [5.74, 6) is 0. The summed E-state index contributed by atoms with van der Waals surface area (Å²) in [6.07, 6.45) is 4.10. The van der Waals surface area contributed by atoms with Gasteiger partial charge in [-0.3, -0.25) is 9.98 Å². The number of nitrogens with zero attached hydrogens (tertiary/aromatic N) is 2. The Bertz CT molecular complexity index is 1220. The summed E-state index contributed by atoms with van der Waals surface area (Å²) >= 11 is -0.931. The van der Waals surface area contributed by atoms with Gasteiger partial charge in [-0.05, 0) is 48.2 Å². The van der Waals surface area contributed by atoms with Gasteiger partial charge in [0.1, 0.15) is 0 Å². The van der Waals surface area contributed by atoms with Crippen LogP contribution in [0.3, 0.4) is 0 Å². The van der Waals surface area contributed by atoms with Crippen LogP contribution in [0.2, 0.25) is 0 Å². The summed E-state index contributed by atoms with van der Waals surface area (Å²) in [5.41, 5.74) is 7.22. The van der Waals surface area contributed by atoms with Crippen LogP contribution in [0.25, 0.3) is 0 Å². The third kappa shape index (κ3) is 5.33. The SMILES string of the molecule is CC1(c2ccccc2)C=Nc2ccccc21.CC1(c2ccccc2)C=Nc2ccccc21.[Cl][Zn][Cl]. The molecule has 172 valence electrons. The second-order valence-electron chi connectivity index (χ2n) is 8.79. The van der Waals surface area contributed by atoms with Gasteiger partial charge in [-0.1, -0.05) is 97.1 Å². The van der Waals surface area contributed by atoms with Crippen molar-refractivity contribution in [3.8, 4) is 0 Å². The van der Waals surface area contributed by atoms with Crippen LogP contribution in [0.1, 0.15) is 36.1 Å². The van der Waals surface area contributed by atoms with Gasteiger partial charge >= 0.3 is 34.5 Å². The van der Waals surface area contributed by atoms with E-state index in [-0.39, 0.29) is 10.8 Å². The Balaban J connectivity index is 0.000000149.